The van der Waals surface area contributed by atoms with Crippen LogP contribution in [-0.2, 0) is 10.0 Å². The normalized spacial score (nSPS) is 18.0. The summed E-state index contributed by atoms with van der Waals surface area (Å²) in [4.78, 5) is 12.4. The quantitative estimate of drug-likeness (QED) is 0.645. The standard InChI is InChI=1S/C19H28N2O4S/c1-25-17-11-8-15(13-18(17)26(23,24)21-16-9-10-16)19(22)20-12-4-7-14-5-2-3-6-14/h8,11,13-14,16,21H,2-7,9-10,12H2,1H3,(H,20,22). The lowest BCUT2D eigenvalue weighted by molar-refractivity contribution is 0.0952. The second-order valence-corrected chi connectivity index (χ2v) is 8.99. The first kappa shape index (κ1) is 19.2. The zero-order valence-electron chi connectivity index (χ0n) is 15.3. The Morgan fingerprint density at radius 2 is 1.92 bits per heavy atom. The lowest BCUT2D eigenvalue weighted by Gasteiger charge is -2.13. The molecule has 0 heterocycles. The smallest absolute Gasteiger partial charge is 0.251 e. The van der Waals surface area contributed by atoms with Crippen LogP contribution < -0.4 is 14.8 Å². The molecule has 6 nitrogen and oxygen atoms in total. The van der Waals surface area contributed by atoms with Crippen LogP contribution in [-0.4, -0.2) is 34.0 Å². The molecule has 0 aromatic heterocycles. The highest BCUT2D eigenvalue weighted by atomic mass is 32.2. The van der Waals surface area contributed by atoms with E-state index in [2.05, 4.69) is 10.0 Å². The van der Waals surface area contributed by atoms with Crippen molar-refractivity contribution in [3.8, 4) is 5.75 Å². The zero-order valence-corrected chi connectivity index (χ0v) is 16.1. The maximum atomic E-state index is 12.5. The van der Waals surface area contributed by atoms with Gasteiger partial charge in [-0.05, 0) is 49.8 Å². The summed E-state index contributed by atoms with van der Waals surface area (Å²) in [6, 6.07) is 4.53. The van der Waals surface area contributed by atoms with E-state index in [0.717, 1.165) is 31.6 Å². The predicted molar refractivity (Wildman–Crippen MR) is 99.9 cm³/mol. The van der Waals surface area contributed by atoms with Gasteiger partial charge in [0.15, 0.2) is 0 Å². The van der Waals surface area contributed by atoms with Crippen molar-refractivity contribution in [2.75, 3.05) is 13.7 Å². The van der Waals surface area contributed by atoms with Crippen LogP contribution in [0, 0.1) is 5.92 Å². The Labute approximate surface area is 155 Å². The van der Waals surface area contributed by atoms with Crippen LogP contribution in [0.15, 0.2) is 23.1 Å². The second-order valence-electron chi connectivity index (χ2n) is 7.31. The van der Waals surface area contributed by atoms with E-state index >= 15 is 0 Å². The molecule has 0 atom stereocenters. The number of rotatable bonds is 9. The predicted octanol–water partition coefficient (Wildman–Crippen LogP) is 2.84. The van der Waals surface area contributed by atoms with Gasteiger partial charge in [-0.25, -0.2) is 13.1 Å². The Bertz CT molecular complexity index is 738. The summed E-state index contributed by atoms with van der Waals surface area (Å²) in [6.07, 6.45) is 9.08. The average molecular weight is 381 g/mol. The van der Waals surface area contributed by atoms with Gasteiger partial charge in [0.1, 0.15) is 10.6 Å². The molecule has 2 aliphatic carbocycles. The van der Waals surface area contributed by atoms with E-state index in [1.54, 1.807) is 6.07 Å². The number of carbonyl (C=O) groups is 1. The molecule has 144 valence electrons. The highest BCUT2D eigenvalue weighted by Crippen LogP contribution is 2.29. The third-order valence-electron chi connectivity index (χ3n) is 5.16. The van der Waals surface area contributed by atoms with Crippen molar-refractivity contribution in [2.45, 2.75) is 62.3 Å². The van der Waals surface area contributed by atoms with Crippen LogP contribution in [0.1, 0.15) is 61.7 Å². The fourth-order valence-corrected chi connectivity index (χ4v) is 5.01. The van der Waals surface area contributed by atoms with Crippen LogP contribution >= 0.6 is 0 Å². The molecule has 0 spiro atoms. The Balaban J connectivity index is 1.61. The highest BCUT2D eigenvalue weighted by molar-refractivity contribution is 7.89. The minimum absolute atomic E-state index is 0.00206. The van der Waals surface area contributed by atoms with Gasteiger partial charge in [0.25, 0.3) is 5.91 Å². The maximum Gasteiger partial charge on any atom is 0.251 e. The molecule has 0 aliphatic heterocycles. The van der Waals surface area contributed by atoms with Crippen molar-refractivity contribution in [1.29, 1.82) is 0 Å². The number of methoxy groups -OCH3 is 1. The van der Waals surface area contributed by atoms with Gasteiger partial charge in [-0.15, -0.1) is 0 Å². The van der Waals surface area contributed by atoms with Gasteiger partial charge < -0.3 is 10.1 Å². The molecule has 1 amide bonds. The van der Waals surface area contributed by atoms with Crippen molar-refractivity contribution in [3.05, 3.63) is 23.8 Å². The van der Waals surface area contributed by atoms with Gasteiger partial charge in [0.05, 0.1) is 7.11 Å². The van der Waals surface area contributed by atoms with Crippen LogP contribution in [0.4, 0.5) is 0 Å². The molecule has 1 aromatic rings. The van der Waals surface area contributed by atoms with Gasteiger partial charge in [-0.3, -0.25) is 4.79 Å². The molecule has 26 heavy (non-hydrogen) atoms. The van der Waals surface area contributed by atoms with Crippen LogP contribution in [0.25, 0.3) is 0 Å². The summed E-state index contributed by atoms with van der Waals surface area (Å²) in [5.74, 6) is 0.802. The summed E-state index contributed by atoms with van der Waals surface area (Å²) in [7, 11) is -2.26. The lowest BCUT2D eigenvalue weighted by Crippen LogP contribution is -2.28. The zero-order chi connectivity index (χ0) is 18.6. The van der Waals surface area contributed by atoms with E-state index in [0.29, 0.717) is 12.1 Å². The first-order valence-corrected chi connectivity index (χ1v) is 11.0. The molecule has 0 unspecified atom stereocenters. The molecular weight excluding hydrogens is 352 g/mol. The van der Waals surface area contributed by atoms with Crippen LogP contribution in [0.2, 0.25) is 0 Å². The largest absolute Gasteiger partial charge is 0.495 e. The van der Waals surface area contributed by atoms with E-state index < -0.39 is 10.0 Å². The third-order valence-corrected chi connectivity index (χ3v) is 6.71. The van der Waals surface area contributed by atoms with E-state index in [1.807, 2.05) is 0 Å². The first-order valence-electron chi connectivity index (χ1n) is 9.48. The molecule has 2 aliphatic rings. The summed E-state index contributed by atoms with van der Waals surface area (Å²) in [5.41, 5.74) is 0.336. The number of nitrogens with one attached hydrogen (secondary N) is 2. The molecule has 0 saturated heterocycles. The van der Waals surface area contributed by atoms with Crippen molar-refractivity contribution < 1.29 is 17.9 Å². The first-order chi connectivity index (χ1) is 12.5. The van der Waals surface area contributed by atoms with Gasteiger partial charge in [-0.2, -0.15) is 0 Å². The molecule has 2 saturated carbocycles. The fraction of sp³-hybridized carbons (Fsp3) is 0.632. The van der Waals surface area contributed by atoms with Crippen molar-refractivity contribution in [2.24, 2.45) is 5.92 Å². The molecule has 3 rings (SSSR count). The van der Waals surface area contributed by atoms with Gasteiger partial charge in [0.2, 0.25) is 10.0 Å². The van der Waals surface area contributed by atoms with Crippen LogP contribution in [0.3, 0.4) is 0 Å². The molecular formula is C19H28N2O4S. The molecule has 0 radical (unpaired) electrons. The number of sulfonamides is 1. The van der Waals surface area contributed by atoms with Gasteiger partial charge in [0, 0.05) is 18.2 Å². The van der Waals surface area contributed by atoms with Crippen molar-refractivity contribution >= 4 is 15.9 Å². The molecule has 2 fully saturated rings. The summed E-state index contributed by atoms with van der Waals surface area (Å²) in [5, 5.41) is 2.90. The number of amides is 1. The van der Waals surface area contributed by atoms with E-state index in [9.17, 15) is 13.2 Å². The Morgan fingerprint density at radius 3 is 2.58 bits per heavy atom. The topological polar surface area (TPSA) is 84.5 Å². The SMILES string of the molecule is COc1ccc(C(=O)NCCCC2CCCC2)cc1S(=O)(=O)NC1CC1. The Morgan fingerprint density at radius 1 is 1.19 bits per heavy atom. The number of hydrogen-bond acceptors (Lipinski definition) is 4. The second kappa shape index (κ2) is 8.39. The number of carbonyl (C=O) groups excluding carboxylic acids is 1. The summed E-state index contributed by atoms with van der Waals surface area (Å²) in [6.45, 7) is 0.615. The van der Waals surface area contributed by atoms with Gasteiger partial charge >= 0.3 is 0 Å². The molecule has 7 heteroatoms. The monoisotopic (exact) mass is 380 g/mol. The third kappa shape index (κ3) is 4.98. The summed E-state index contributed by atoms with van der Waals surface area (Å²) >= 11 is 0. The minimum atomic E-state index is -3.69. The number of ether oxygens (including phenoxy) is 1. The van der Waals surface area contributed by atoms with E-state index in [1.165, 1.54) is 44.9 Å². The van der Waals surface area contributed by atoms with Gasteiger partial charge in [-0.1, -0.05) is 25.7 Å². The highest BCUT2D eigenvalue weighted by Gasteiger charge is 2.30. The Kier molecular flexibility index (Phi) is 6.19. The van der Waals surface area contributed by atoms with E-state index in [-0.39, 0.29) is 22.6 Å². The van der Waals surface area contributed by atoms with Crippen molar-refractivity contribution in [1.82, 2.24) is 10.0 Å². The van der Waals surface area contributed by atoms with Crippen molar-refractivity contribution in [3.63, 3.8) is 0 Å². The summed E-state index contributed by atoms with van der Waals surface area (Å²) < 4.78 is 32.8. The lowest BCUT2D eigenvalue weighted by atomic mass is 10.0. The fourth-order valence-electron chi connectivity index (χ4n) is 3.51. The number of hydrogen-bond donors (Lipinski definition) is 2. The van der Waals surface area contributed by atoms with E-state index in [4.69, 9.17) is 4.74 Å². The Hall–Kier alpha value is -1.60. The molecule has 1 aromatic carbocycles. The maximum absolute atomic E-state index is 12.5. The molecule has 0 bridgehead atoms. The van der Waals surface area contributed by atoms with Crippen LogP contribution in [0.5, 0.6) is 5.75 Å². The molecule has 2 N–H and O–H groups in total. The number of benzene rings is 1. The minimum Gasteiger partial charge on any atom is -0.495 e. The average Bonchev–Trinajstić information content (AvgIpc) is 3.27.